The van der Waals surface area contributed by atoms with E-state index in [1.54, 1.807) is 4.90 Å². The molecule has 17 rings (SSSR count). The number of ether oxygens (including phenoxy) is 2. The second-order valence-corrected chi connectivity index (χ2v) is 50.6. The van der Waals surface area contributed by atoms with Gasteiger partial charge in [0.1, 0.15) is 63.3 Å². The number of amides is 2. The predicted molar refractivity (Wildman–Crippen MR) is 653 cm³/mol. The van der Waals surface area contributed by atoms with E-state index in [2.05, 4.69) is 488 Å². The highest BCUT2D eigenvalue weighted by Crippen LogP contribution is 2.57. The van der Waals surface area contributed by atoms with Crippen LogP contribution < -0.4 is 95.7 Å². The first-order chi connectivity index (χ1) is 71.9. The fraction of sp³-hybridized carbons (Fsp3) is 0.291. The Kier molecular flexibility index (Phi) is 60.9. The minimum Gasteiger partial charge on any atom is -1.00 e. The average molecular weight is 2490 g/mol. The summed E-state index contributed by atoms with van der Waals surface area (Å²) in [6, 6.07) is 164. The number of aliphatic hydroxyl groups is 1. The summed E-state index contributed by atoms with van der Waals surface area (Å²) in [6.45, 7) is 14.1. The van der Waals surface area contributed by atoms with Crippen LogP contribution in [0.3, 0.4) is 0 Å². The fourth-order valence-corrected chi connectivity index (χ4v) is 30.0. The third-order valence-electron chi connectivity index (χ3n) is 25.4. The number of aliphatic hydroxyl groups excluding tert-OH is 1. The molecule has 0 bridgehead atoms. The van der Waals surface area contributed by atoms with Gasteiger partial charge in [0, 0.05) is 45.6 Å². The van der Waals surface area contributed by atoms with Crippen molar-refractivity contribution in [3.63, 3.8) is 0 Å². The van der Waals surface area contributed by atoms with Crippen LogP contribution in [0.2, 0.25) is 0 Å². The summed E-state index contributed by atoms with van der Waals surface area (Å²) in [6.07, 6.45) is 28.7. The van der Waals surface area contributed by atoms with Gasteiger partial charge in [-0.05, 0) is 309 Å². The number of allylic oxidation sites excluding steroid dienone is 1. The van der Waals surface area contributed by atoms with E-state index in [0.29, 0.717) is 32.5 Å². The maximum atomic E-state index is 12.0. The van der Waals surface area contributed by atoms with E-state index in [9.17, 15) is 14.4 Å². The van der Waals surface area contributed by atoms with E-state index in [4.69, 9.17) is 14.6 Å². The van der Waals surface area contributed by atoms with Gasteiger partial charge in [0.25, 0.3) is 0 Å². The molecule has 0 saturated carbocycles. The number of nitrogens with zero attached hydrogens (tertiary/aromatic N) is 2. The smallest absolute Gasteiger partial charge is 0.410 e. The highest BCUT2D eigenvalue weighted by molar-refractivity contribution is 14.1. The maximum Gasteiger partial charge on any atom is 0.410 e. The van der Waals surface area contributed by atoms with Crippen molar-refractivity contribution in [1.82, 2.24) is 9.80 Å². The molecule has 2 aliphatic rings. The fourth-order valence-electron chi connectivity index (χ4n) is 17.8. The number of unbranched alkanes of at least 4 members (excludes halogenated alkanes) is 6. The van der Waals surface area contributed by atoms with Gasteiger partial charge in [0.2, 0.25) is 0 Å². The number of carbonyl (C=O) groups excluding carboxylic acids is 3. The van der Waals surface area contributed by atoms with Crippen LogP contribution in [0.4, 0.5) is 9.59 Å². The molecule has 0 aromatic heterocycles. The first kappa shape index (κ1) is 125. The lowest BCUT2D eigenvalue weighted by molar-refractivity contribution is -0.121. The van der Waals surface area contributed by atoms with Crippen molar-refractivity contribution in [2.45, 2.75) is 194 Å². The molecule has 8 nitrogen and oxygen atoms in total. The molecule has 2 fully saturated rings. The first-order valence-corrected chi connectivity index (χ1v) is 61.4. The monoisotopic (exact) mass is 2490 g/mol. The number of halogens is 4. The Bertz CT molecular complexity index is 5420. The number of alkyl halides is 2. The molecule has 1 N–H and O–H groups in total. The third kappa shape index (κ3) is 46.9. The van der Waals surface area contributed by atoms with Gasteiger partial charge < -0.3 is 72.3 Å². The van der Waals surface area contributed by atoms with Crippen molar-refractivity contribution < 1.29 is 76.9 Å². The van der Waals surface area contributed by atoms with E-state index in [-0.39, 0.29) is 65.9 Å². The number of benzene rings is 15. The largest absolute Gasteiger partial charge is 1.00 e. The van der Waals surface area contributed by atoms with Crippen molar-refractivity contribution in [2.24, 2.45) is 0 Å². The summed E-state index contributed by atoms with van der Waals surface area (Å²) in [5.74, 6) is 0.227. The molecule has 2 heterocycles. The number of hydrogen-bond donors (Lipinski definition) is 1. The van der Waals surface area contributed by atoms with Crippen LogP contribution in [0.1, 0.15) is 178 Å². The van der Waals surface area contributed by atoms with E-state index < -0.39 is 33.6 Å². The summed E-state index contributed by atoms with van der Waals surface area (Å²) in [7, 11) is -3.80. The molecule has 2 saturated heterocycles. The van der Waals surface area contributed by atoms with Crippen LogP contribution in [-0.4, -0.2) is 98.0 Å². The average Bonchev–Trinajstić information content (AvgIpc) is 0.760. The topological polar surface area (TPSA) is 96.4 Å². The summed E-state index contributed by atoms with van der Waals surface area (Å²) < 4.78 is 13.2. The molecule has 15 aromatic carbocycles. The van der Waals surface area contributed by atoms with E-state index in [0.717, 1.165) is 70.9 Å². The van der Waals surface area contributed by atoms with Gasteiger partial charge in [-0.3, -0.25) is 4.79 Å². The summed E-state index contributed by atoms with van der Waals surface area (Å²) in [4.78, 5) is 37.9. The van der Waals surface area contributed by atoms with Crippen LogP contribution in [0.25, 0.3) is 0 Å². The van der Waals surface area contributed by atoms with Gasteiger partial charge in [-0.1, -0.05) is 439 Å². The zero-order valence-corrected chi connectivity index (χ0v) is 99.8. The number of piperidine rings is 2. The van der Waals surface area contributed by atoms with Gasteiger partial charge in [0.05, 0.1) is 12.3 Å². The number of Topliss-reactive ketones (excluding diaryl/α,β-unsaturated/α-hetero) is 1. The van der Waals surface area contributed by atoms with E-state index in [1.807, 2.05) is 64.6 Å². The van der Waals surface area contributed by atoms with Crippen molar-refractivity contribution >= 4 is 133 Å². The molecular formula is C134H157I4N2O6P3. The Balaban J connectivity index is 0.000000213. The number of aryl methyl sites for hydroxylation is 6. The normalized spacial score (nSPS) is 12.0. The lowest BCUT2D eigenvalue weighted by Gasteiger charge is -2.31. The SMILES string of the molecule is CC(C)(C)OC(=O)N1CCC(=CCCCc2ccccc2)CC1.CC(C)(C)OC(=O)N1CCC(=O)CC1.ICCCCc1ccccc1.ICCCCc1ccccc1.OCCCCc1ccccc1.[I-].[I-].c1ccc(CCCC[P+](c2ccccc2)(c2ccccc2)c2ccccc2)cc1.c1ccc(CCCC[P+](c2ccccc2)(c2ccccc2)c2ccccc2)cc1.c1ccc(P(c2ccccc2)c2ccccc2)cc1. The van der Waals surface area contributed by atoms with E-state index >= 15 is 0 Å². The van der Waals surface area contributed by atoms with Crippen LogP contribution in [0.15, 0.2) is 467 Å². The Morgan fingerprint density at radius 3 is 0.711 bits per heavy atom. The lowest BCUT2D eigenvalue weighted by atomic mass is 10.0. The Morgan fingerprint density at radius 2 is 0.490 bits per heavy atom. The summed E-state index contributed by atoms with van der Waals surface area (Å²) in [5, 5.41) is 21.6. The van der Waals surface area contributed by atoms with Crippen molar-refractivity contribution in [1.29, 1.82) is 0 Å². The highest BCUT2D eigenvalue weighted by atomic mass is 127. The second kappa shape index (κ2) is 72.9. The van der Waals surface area contributed by atoms with Crippen LogP contribution >= 0.6 is 67.6 Å². The standard InChI is InChI=1S/2C28H28P.C20H29NO2.C18H15P.2C10H13I.C10H17NO3.C10H14O.2HI/c2*1-5-15-25(16-6-1)17-13-14-24-29(26-18-7-2-8-19-26,27-20-9-3-10-21-27)28-22-11-4-12-23-28;1-20(2,3)23-19(22)21-15-13-18(14-16-21)12-8-7-11-17-9-5-4-6-10-17;1-4-10-16(11-5-1)19(17-12-6-2-7-13-17)18-14-8-3-9-15-18;2*11-9-5-4-8-10-6-2-1-3-7-10;1-10(2,3)14-9(13)11-6-4-8(12)5-7-11;11-9-5-4-8-10-6-2-1-3-7-10;;/h2*1-12,15-16,18-23H,13-14,17,24H2;4-6,9-10,12H,7-8,11,13-16H2,1-3H3;1-15H;2*1-3,6-7H,4-5,8-9H2;4-7H2,1-3H3;1-3,6-7,11H,4-5,8-9H2;2*1H/q2*+1;;;;;;;;/p-2. The first-order valence-electron chi connectivity index (χ1n) is 53.0. The molecule has 0 atom stereocenters. The second-order valence-electron chi connectivity index (χ2n) is 39.0. The molecule has 2 amide bonds. The maximum absolute atomic E-state index is 12.0. The number of ketones is 1. The molecular weight excluding hydrogens is 2330 g/mol. The molecule has 149 heavy (non-hydrogen) atoms. The number of rotatable bonds is 35. The molecule has 0 unspecified atom stereocenters. The number of carbonyl (C=O) groups is 3. The Morgan fingerprint density at radius 1 is 0.289 bits per heavy atom. The van der Waals surface area contributed by atoms with Crippen LogP contribution in [0.5, 0.6) is 0 Å². The molecule has 2 aliphatic heterocycles. The zero-order valence-electron chi connectivity index (χ0n) is 88.5. The van der Waals surface area contributed by atoms with Gasteiger partial charge in [-0.15, -0.1) is 0 Å². The number of likely N-dealkylation sites (tertiary alicyclic amines) is 2. The lowest BCUT2D eigenvalue weighted by Crippen LogP contribution is -3.00. The van der Waals surface area contributed by atoms with Crippen molar-refractivity contribution in [3.05, 3.63) is 500 Å². The predicted octanol–water partition coefficient (Wildman–Crippen LogP) is 24.9. The highest BCUT2D eigenvalue weighted by Gasteiger charge is 2.46. The van der Waals surface area contributed by atoms with Gasteiger partial charge in [-0.25, -0.2) is 9.59 Å². The minimum atomic E-state index is -1.67. The van der Waals surface area contributed by atoms with Gasteiger partial charge in [-0.2, -0.15) is 0 Å². The van der Waals surface area contributed by atoms with Crippen LogP contribution in [-0.2, 0) is 52.8 Å². The third-order valence-corrected chi connectivity index (χ3v) is 38.4. The van der Waals surface area contributed by atoms with Gasteiger partial charge >= 0.3 is 12.2 Å². The molecule has 0 radical (unpaired) electrons. The quantitative estimate of drug-likeness (QED) is 0.0140. The summed E-state index contributed by atoms with van der Waals surface area (Å²) >= 11 is 4.86. The Labute approximate surface area is 958 Å². The molecule has 0 aliphatic carbocycles. The minimum absolute atomic E-state index is 0. The van der Waals surface area contributed by atoms with Crippen molar-refractivity contribution in [3.8, 4) is 0 Å². The number of hydrogen-bond acceptors (Lipinski definition) is 6. The molecule has 782 valence electrons. The summed E-state index contributed by atoms with van der Waals surface area (Å²) in [5.41, 5.74) is 9.20. The molecule has 15 heteroatoms. The van der Waals surface area contributed by atoms with E-state index in [1.165, 1.54) is 179 Å². The van der Waals surface area contributed by atoms with Gasteiger partial charge in [0.15, 0.2) is 0 Å². The van der Waals surface area contributed by atoms with Crippen LogP contribution in [0, 0.1) is 0 Å². The molecule has 15 aromatic rings. The zero-order chi connectivity index (χ0) is 104. The van der Waals surface area contributed by atoms with Crippen molar-refractivity contribution in [2.75, 3.05) is 54.0 Å². The molecule has 0 spiro atoms. The Hall–Kier alpha value is -9.58.